The van der Waals surface area contributed by atoms with Crippen LogP contribution in [0.25, 0.3) is 21.8 Å². The van der Waals surface area contributed by atoms with Crippen LogP contribution in [0.3, 0.4) is 0 Å². The second kappa shape index (κ2) is 8.78. The minimum absolute atomic E-state index is 0.0103. The zero-order chi connectivity index (χ0) is 20.1. The Morgan fingerprint density at radius 1 is 1.10 bits per heavy atom. The zero-order valence-electron chi connectivity index (χ0n) is 15.1. The SMILES string of the molecule is N#Cc1c(-c2cccs2)cc(-c2cnccn2)nc1SCC(=O)c1ccccc1. The monoisotopic (exact) mass is 414 g/mol. The molecule has 1 aromatic carbocycles. The van der Waals surface area contributed by atoms with E-state index in [1.807, 2.05) is 41.8 Å². The van der Waals surface area contributed by atoms with Gasteiger partial charge in [0.1, 0.15) is 16.8 Å². The van der Waals surface area contributed by atoms with Gasteiger partial charge in [-0.2, -0.15) is 5.26 Å². The summed E-state index contributed by atoms with van der Waals surface area (Å²) < 4.78 is 0. The van der Waals surface area contributed by atoms with Gasteiger partial charge >= 0.3 is 0 Å². The summed E-state index contributed by atoms with van der Waals surface area (Å²) in [7, 11) is 0. The molecule has 0 N–H and O–H groups in total. The number of carbonyl (C=O) groups is 1. The predicted molar refractivity (Wildman–Crippen MR) is 115 cm³/mol. The first-order valence-electron chi connectivity index (χ1n) is 8.72. The van der Waals surface area contributed by atoms with Gasteiger partial charge in [-0.05, 0) is 17.5 Å². The lowest BCUT2D eigenvalue weighted by atomic mass is 10.1. The molecule has 7 heteroatoms. The van der Waals surface area contributed by atoms with Gasteiger partial charge in [0.2, 0.25) is 0 Å². The van der Waals surface area contributed by atoms with E-state index in [2.05, 4.69) is 21.0 Å². The number of thioether (sulfide) groups is 1. The Kier molecular flexibility index (Phi) is 5.75. The van der Waals surface area contributed by atoms with Crippen molar-refractivity contribution in [3.63, 3.8) is 0 Å². The maximum absolute atomic E-state index is 12.5. The maximum atomic E-state index is 12.5. The largest absolute Gasteiger partial charge is 0.293 e. The summed E-state index contributed by atoms with van der Waals surface area (Å²) in [6.45, 7) is 0. The van der Waals surface area contributed by atoms with Crippen molar-refractivity contribution < 1.29 is 4.79 Å². The summed E-state index contributed by atoms with van der Waals surface area (Å²) in [4.78, 5) is 26.6. The topological polar surface area (TPSA) is 79.5 Å². The van der Waals surface area contributed by atoms with E-state index in [1.165, 1.54) is 11.8 Å². The summed E-state index contributed by atoms with van der Waals surface area (Å²) in [6, 6.07) is 17.1. The summed E-state index contributed by atoms with van der Waals surface area (Å²) in [5, 5.41) is 12.3. The van der Waals surface area contributed by atoms with Crippen LogP contribution in [0.1, 0.15) is 15.9 Å². The number of rotatable bonds is 6. The van der Waals surface area contributed by atoms with Gasteiger partial charge in [-0.25, -0.2) is 4.98 Å². The minimum Gasteiger partial charge on any atom is -0.293 e. The van der Waals surface area contributed by atoms with Crippen LogP contribution in [0.4, 0.5) is 0 Å². The Balaban J connectivity index is 1.74. The third kappa shape index (κ3) is 4.24. The van der Waals surface area contributed by atoms with E-state index in [0.717, 1.165) is 10.4 Å². The Hall–Kier alpha value is -3.34. The third-order valence-corrected chi connectivity index (χ3v) is 6.02. The van der Waals surface area contributed by atoms with Gasteiger partial charge < -0.3 is 0 Å². The van der Waals surface area contributed by atoms with Gasteiger partial charge in [-0.1, -0.05) is 48.2 Å². The van der Waals surface area contributed by atoms with Crippen molar-refractivity contribution in [3.8, 4) is 27.9 Å². The lowest BCUT2D eigenvalue weighted by molar-refractivity contribution is 0.102. The molecular formula is C22H14N4OS2. The molecule has 5 nitrogen and oxygen atoms in total. The van der Waals surface area contributed by atoms with E-state index in [-0.39, 0.29) is 11.5 Å². The Labute approximate surface area is 176 Å². The van der Waals surface area contributed by atoms with Crippen LogP contribution in [0.15, 0.2) is 77.5 Å². The highest BCUT2D eigenvalue weighted by molar-refractivity contribution is 8.00. The number of pyridine rings is 1. The first-order chi connectivity index (χ1) is 14.3. The summed E-state index contributed by atoms with van der Waals surface area (Å²) in [6.07, 6.45) is 4.84. The number of benzene rings is 1. The minimum atomic E-state index is -0.0103. The summed E-state index contributed by atoms with van der Waals surface area (Å²) in [5.74, 6) is 0.184. The number of carbonyl (C=O) groups excluding carboxylic acids is 1. The molecule has 0 aliphatic carbocycles. The molecule has 0 fully saturated rings. The molecule has 4 rings (SSSR count). The van der Waals surface area contributed by atoms with Gasteiger partial charge in [0.05, 0.1) is 23.2 Å². The highest BCUT2D eigenvalue weighted by Crippen LogP contribution is 2.35. The second-order valence-electron chi connectivity index (χ2n) is 5.99. The molecule has 3 heterocycles. The fourth-order valence-corrected chi connectivity index (χ4v) is 4.41. The Bertz CT molecular complexity index is 1170. The smallest absolute Gasteiger partial charge is 0.173 e. The van der Waals surface area contributed by atoms with Gasteiger partial charge in [0, 0.05) is 28.4 Å². The molecule has 3 aromatic heterocycles. The number of thiophene rings is 1. The van der Waals surface area contributed by atoms with Gasteiger partial charge in [0.15, 0.2) is 5.78 Å². The lowest BCUT2D eigenvalue weighted by Crippen LogP contribution is -2.04. The van der Waals surface area contributed by atoms with E-state index >= 15 is 0 Å². The van der Waals surface area contributed by atoms with Crippen molar-refractivity contribution in [3.05, 3.63) is 83.6 Å². The highest BCUT2D eigenvalue weighted by Gasteiger charge is 2.18. The molecule has 0 bridgehead atoms. The molecular weight excluding hydrogens is 400 g/mol. The second-order valence-corrected chi connectivity index (χ2v) is 7.90. The average Bonchev–Trinajstić information content (AvgIpc) is 3.33. The molecule has 0 radical (unpaired) electrons. The van der Waals surface area contributed by atoms with Crippen molar-refractivity contribution in [2.45, 2.75) is 5.03 Å². The molecule has 0 aliphatic rings. The molecule has 4 aromatic rings. The fourth-order valence-electron chi connectivity index (χ4n) is 2.76. The lowest BCUT2D eigenvalue weighted by Gasteiger charge is -2.10. The molecule has 0 amide bonds. The molecule has 0 spiro atoms. The summed E-state index contributed by atoms with van der Waals surface area (Å²) >= 11 is 2.82. The molecule has 0 saturated heterocycles. The van der Waals surface area contributed by atoms with Crippen molar-refractivity contribution in [1.82, 2.24) is 15.0 Å². The number of nitriles is 1. The van der Waals surface area contributed by atoms with Crippen LogP contribution in [0, 0.1) is 11.3 Å². The van der Waals surface area contributed by atoms with Crippen LogP contribution < -0.4 is 0 Å². The fraction of sp³-hybridized carbons (Fsp3) is 0.0455. The molecule has 0 saturated carbocycles. The van der Waals surface area contributed by atoms with Crippen LogP contribution >= 0.6 is 23.1 Å². The number of hydrogen-bond donors (Lipinski definition) is 0. The number of hydrogen-bond acceptors (Lipinski definition) is 7. The van der Waals surface area contributed by atoms with Crippen LogP contribution in [-0.4, -0.2) is 26.5 Å². The van der Waals surface area contributed by atoms with E-state index in [4.69, 9.17) is 0 Å². The van der Waals surface area contributed by atoms with E-state index in [0.29, 0.717) is 27.5 Å². The maximum Gasteiger partial charge on any atom is 0.173 e. The average molecular weight is 415 g/mol. The number of nitrogens with zero attached hydrogens (tertiary/aromatic N) is 4. The van der Waals surface area contributed by atoms with Crippen molar-refractivity contribution in [2.75, 3.05) is 5.75 Å². The normalized spacial score (nSPS) is 10.4. The van der Waals surface area contributed by atoms with Crippen molar-refractivity contribution in [1.29, 1.82) is 5.26 Å². The number of Topliss-reactive ketones (excluding diaryl/α,β-unsaturated/α-hetero) is 1. The molecule has 29 heavy (non-hydrogen) atoms. The first kappa shape index (κ1) is 19.0. The Morgan fingerprint density at radius 3 is 2.66 bits per heavy atom. The summed E-state index contributed by atoms with van der Waals surface area (Å²) in [5.41, 5.74) is 3.13. The zero-order valence-corrected chi connectivity index (χ0v) is 16.8. The molecule has 0 aliphatic heterocycles. The first-order valence-corrected chi connectivity index (χ1v) is 10.6. The standard InChI is InChI=1S/C22H14N4OS2/c23-12-17-16(21-7-4-10-28-21)11-18(19-13-24-8-9-25-19)26-22(17)29-14-20(27)15-5-2-1-3-6-15/h1-11,13H,14H2. The molecule has 0 unspecified atom stereocenters. The quantitative estimate of drug-likeness (QED) is 0.322. The van der Waals surface area contributed by atoms with Crippen LogP contribution in [-0.2, 0) is 0 Å². The number of aromatic nitrogens is 3. The van der Waals surface area contributed by atoms with Gasteiger partial charge in [-0.15, -0.1) is 11.3 Å². The van der Waals surface area contributed by atoms with Gasteiger partial charge in [0.25, 0.3) is 0 Å². The Morgan fingerprint density at radius 2 is 1.97 bits per heavy atom. The van der Waals surface area contributed by atoms with E-state index < -0.39 is 0 Å². The molecule has 0 atom stereocenters. The van der Waals surface area contributed by atoms with Crippen molar-refractivity contribution in [2.24, 2.45) is 0 Å². The van der Waals surface area contributed by atoms with Crippen LogP contribution in [0.5, 0.6) is 0 Å². The molecule has 140 valence electrons. The van der Waals surface area contributed by atoms with Crippen LogP contribution in [0.2, 0.25) is 0 Å². The van der Waals surface area contributed by atoms with E-state index in [9.17, 15) is 10.1 Å². The third-order valence-electron chi connectivity index (χ3n) is 4.15. The number of ketones is 1. The van der Waals surface area contributed by atoms with Gasteiger partial charge in [-0.3, -0.25) is 14.8 Å². The highest BCUT2D eigenvalue weighted by atomic mass is 32.2. The van der Waals surface area contributed by atoms with E-state index in [1.54, 1.807) is 42.1 Å². The van der Waals surface area contributed by atoms with Crippen molar-refractivity contribution >= 4 is 28.9 Å². The predicted octanol–water partition coefficient (Wildman–Crippen LogP) is 5.11.